The van der Waals surface area contributed by atoms with Gasteiger partial charge in [0.2, 0.25) is 0 Å². The third-order valence-corrected chi connectivity index (χ3v) is 7.40. The van der Waals surface area contributed by atoms with Crippen molar-refractivity contribution in [2.75, 3.05) is 39.7 Å². The SMILES string of the molecule is CC[C@@H]1CN2CC[C@]3(O)c4c(cccc4OC)N[C@]3(O)[C@@H]2C[C@@H]1/C(=C\OC)C(=O)OC. The molecule has 2 fully saturated rings. The molecule has 4 rings (SSSR count). The van der Waals surface area contributed by atoms with Crippen molar-refractivity contribution in [1.29, 1.82) is 0 Å². The van der Waals surface area contributed by atoms with Crippen LogP contribution in [0.4, 0.5) is 5.69 Å². The van der Waals surface area contributed by atoms with E-state index in [2.05, 4.69) is 17.1 Å². The second kappa shape index (κ2) is 8.00. The van der Waals surface area contributed by atoms with Gasteiger partial charge in [-0.1, -0.05) is 19.4 Å². The summed E-state index contributed by atoms with van der Waals surface area (Å²) in [6.45, 7) is 3.44. The minimum atomic E-state index is -1.62. The Kier molecular flexibility index (Phi) is 5.66. The van der Waals surface area contributed by atoms with E-state index >= 15 is 0 Å². The van der Waals surface area contributed by atoms with Crippen LogP contribution >= 0.6 is 0 Å². The largest absolute Gasteiger partial charge is 0.504 e. The molecule has 0 aromatic heterocycles. The van der Waals surface area contributed by atoms with Gasteiger partial charge in [0.05, 0.1) is 44.8 Å². The summed E-state index contributed by atoms with van der Waals surface area (Å²) >= 11 is 0. The molecule has 0 radical (unpaired) electrons. The lowest BCUT2D eigenvalue weighted by Gasteiger charge is -2.57. The first-order valence-electron chi connectivity index (χ1n) is 10.8. The normalized spacial score (nSPS) is 34.8. The van der Waals surface area contributed by atoms with Gasteiger partial charge in [0, 0.05) is 18.8 Å². The Morgan fingerprint density at radius 3 is 2.74 bits per heavy atom. The van der Waals surface area contributed by atoms with Gasteiger partial charge in [-0.2, -0.15) is 0 Å². The van der Waals surface area contributed by atoms with Crippen molar-refractivity contribution in [2.45, 2.75) is 43.6 Å². The number of aliphatic hydroxyl groups is 2. The molecule has 8 heteroatoms. The monoisotopic (exact) mass is 432 g/mol. The number of fused-ring (bicyclic) bond motifs is 5. The molecule has 3 aliphatic heterocycles. The number of hydrogen-bond donors (Lipinski definition) is 3. The number of carbonyl (C=O) groups is 1. The first-order valence-corrected chi connectivity index (χ1v) is 10.8. The molecule has 31 heavy (non-hydrogen) atoms. The van der Waals surface area contributed by atoms with Crippen LogP contribution in [0, 0.1) is 11.8 Å². The highest BCUT2D eigenvalue weighted by atomic mass is 16.5. The van der Waals surface area contributed by atoms with Crippen LogP contribution in [0.15, 0.2) is 30.0 Å². The van der Waals surface area contributed by atoms with Crippen molar-refractivity contribution in [1.82, 2.24) is 4.90 Å². The van der Waals surface area contributed by atoms with Crippen molar-refractivity contribution in [2.24, 2.45) is 11.8 Å². The third kappa shape index (κ3) is 3.11. The molecule has 3 heterocycles. The maximum absolute atomic E-state index is 12.5. The van der Waals surface area contributed by atoms with E-state index in [0.29, 0.717) is 48.5 Å². The molecule has 1 aromatic rings. The van der Waals surface area contributed by atoms with Gasteiger partial charge >= 0.3 is 5.97 Å². The third-order valence-electron chi connectivity index (χ3n) is 7.40. The molecule has 0 aliphatic carbocycles. The lowest BCUT2D eigenvalue weighted by atomic mass is 9.67. The molecule has 8 nitrogen and oxygen atoms in total. The molecule has 2 saturated heterocycles. The van der Waals surface area contributed by atoms with Crippen LogP contribution in [-0.4, -0.2) is 67.3 Å². The van der Waals surface area contributed by atoms with E-state index < -0.39 is 23.3 Å². The molecule has 3 aliphatic rings. The van der Waals surface area contributed by atoms with Crippen LogP contribution in [0.3, 0.4) is 0 Å². The van der Waals surface area contributed by atoms with Gasteiger partial charge in [-0.3, -0.25) is 4.90 Å². The van der Waals surface area contributed by atoms with Crippen LogP contribution in [-0.2, 0) is 19.9 Å². The van der Waals surface area contributed by atoms with E-state index in [9.17, 15) is 15.0 Å². The lowest BCUT2D eigenvalue weighted by Crippen LogP contribution is -2.72. The summed E-state index contributed by atoms with van der Waals surface area (Å²) < 4.78 is 15.7. The van der Waals surface area contributed by atoms with Gasteiger partial charge < -0.3 is 29.7 Å². The van der Waals surface area contributed by atoms with Gasteiger partial charge in [-0.05, 0) is 36.8 Å². The molecule has 5 atom stereocenters. The van der Waals surface area contributed by atoms with Crippen molar-refractivity contribution >= 4 is 11.7 Å². The number of piperidine rings is 2. The molecule has 1 aromatic carbocycles. The molecule has 0 saturated carbocycles. The molecule has 0 amide bonds. The zero-order valence-electron chi connectivity index (χ0n) is 18.6. The van der Waals surface area contributed by atoms with E-state index in [-0.39, 0.29) is 11.8 Å². The molecule has 0 spiro atoms. The second-order valence-corrected chi connectivity index (χ2v) is 8.71. The predicted octanol–water partition coefficient (Wildman–Crippen LogP) is 1.82. The van der Waals surface area contributed by atoms with Crippen molar-refractivity contribution in [3.05, 3.63) is 35.6 Å². The minimum Gasteiger partial charge on any atom is -0.504 e. The maximum Gasteiger partial charge on any atom is 0.337 e. The number of rotatable bonds is 5. The quantitative estimate of drug-likeness (QED) is 0.368. The number of benzene rings is 1. The van der Waals surface area contributed by atoms with E-state index in [4.69, 9.17) is 14.2 Å². The smallest absolute Gasteiger partial charge is 0.337 e. The van der Waals surface area contributed by atoms with Crippen LogP contribution in [0.5, 0.6) is 5.75 Å². The van der Waals surface area contributed by atoms with E-state index in [1.807, 2.05) is 12.1 Å². The van der Waals surface area contributed by atoms with Crippen molar-refractivity contribution in [3.8, 4) is 5.75 Å². The first-order chi connectivity index (χ1) is 14.8. The van der Waals surface area contributed by atoms with Crippen LogP contribution < -0.4 is 10.1 Å². The van der Waals surface area contributed by atoms with Crippen LogP contribution in [0.25, 0.3) is 0 Å². The fourth-order valence-corrected chi connectivity index (χ4v) is 5.86. The highest BCUT2D eigenvalue weighted by Crippen LogP contribution is 2.57. The highest BCUT2D eigenvalue weighted by Gasteiger charge is 2.66. The molecule has 3 N–H and O–H groups in total. The fraction of sp³-hybridized carbons (Fsp3) is 0.609. The number of nitrogens with zero attached hydrogens (tertiary/aromatic N) is 1. The van der Waals surface area contributed by atoms with Crippen molar-refractivity contribution in [3.63, 3.8) is 0 Å². The summed E-state index contributed by atoms with van der Waals surface area (Å²) in [6.07, 6.45) is 3.17. The zero-order valence-corrected chi connectivity index (χ0v) is 18.6. The Bertz CT molecular complexity index is 889. The number of esters is 1. The Balaban J connectivity index is 1.75. The van der Waals surface area contributed by atoms with E-state index in [0.717, 1.165) is 6.42 Å². The van der Waals surface area contributed by atoms with Crippen molar-refractivity contribution < 1.29 is 29.2 Å². The maximum atomic E-state index is 12.5. The summed E-state index contributed by atoms with van der Waals surface area (Å²) in [5.74, 6) is 0.147. The molecular weight excluding hydrogens is 400 g/mol. The Morgan fingerprint density at radius 1 is 1.32 bits per heavy atom. The topological polar surface area (TPSA) is 100 Å². The number of methoxy groups -OCH3 is 3. The van der Waals surface area contributed by atoms with Gasteiger partial charge in [-0.25, -0.2) is 4.79 Å². The highest BCUT2D eigenvalue weighted by molar-refractivity contribution is 5.88. The lowest BCUT2D eigenvalue weighted by molar-refractivity contribution is -0.214. The molecule has 0 bridgehead atoms. The summed E-state index contributed by atoms with van der Waals surface area (Å²) in [5.41, 5.74) is -1.40. The second-order valence-electron chi connectivity index (χ2n) is 8.71. The summed E-state index contributed by atoms with van der Waals surface area (Å²) in [5, 5.41) is 27.0. The first kappa shape index (κ1) is 21.9. The Hall–Kier alpha value is -2.29. The van der Waals surface area contributed by atoms with Crippen LogP contribution in [0.2, 0.25) is 0 Å². The van der Waals surface area contributed by atoms with Gasteiger partial charge in [0.25, 0.3) is 0 Å². The summed E-state index contributed by atoms with van der Waals surface area (Å²) in [6, 6.07) is 5.06. The van der Waals surface area contributed by atoms with E-state index in [1.165, 1.54) is 20.5 Å². The fourth-order valence-electron chi connectivity index (χ4n) is 5.86. The number of anilines is 1. The zero-order chi connectivity index (χ0) is 22.4. The average molecular weight is 433 g/mol. The average Bonchev–Trinajstić information content (AvgIpc) is 3.03. The minimum absolute atomic E-state index is 0.169. The van der Waals surface area contributed by atoms with E-state index in [1.54, 1.807) is 13.2 Å². The standard InChI is InChI=1S/C23H32N2O6/c1-5-14-12-25-10-9-22(27)20-17(7-6-8-18(20)30-3)24-23(22,28)19(25)11-15(14)16(13-29-2)21(26)31-4/h6-8,13-15,19,24,27-28H,5,9-12H2,1-4H3/b16-13+/t14-,15+,19+,22+,23+/m1/s1. The molecule has 0 unspecified atom stereocenters. The number of nitrogens with one attached hydrogen (secondary N) is 1. The summed E-state index contributed by atoms with van der Waals surface area (Å²) in [7, 11) is 4.43. The van der Waals surface area contributed by atoms with Gasteiger partial charge in [0.1, 0.15) is 11.4 Å². The number of hydrogen-bond acceptors (Lipinski definition) is 8. The van der Waals surface area contributed by atoms with Gasteiger partial charge in [-0.15, -0.1) is 0 Å². The number of carbonyl (C=O) groups excluding carboxylic acids is 1. The predicted molar refractivity (Wildman–Crippen MR) is 114 cm³/mol. The Labute approximate surface area is 182 Å². The van der Waals surface area contributed by atoms with Crippen LogP contribution in [0.1, 0.15) is 31.7 Å². The Morgan fingerprint density at radius 2 is 2.10 bits per heavy atom. The summed E-state index contributed by atoms with van der Waals surface area (Å²) in [4.78, 5) is 14.8. The van der Waals surface area contributed by atoms with Gasteiger partial charge in [0.15, 0.2) is 5.72 Å². The molecule has 170 valence electrons. The molecular formula is C23H32N2O6. The number of ether oxygens (including phenoxy) is 3.